The Kier molecular flexibility index (Phi) is 6.89. The summed E-state index contributed by atoms with van der Waals surface area (Å²) in [6.07, 6.45) is 14.3. The average Bonchev–Trinajstić information content (AvgIpc) is 3.08. The molecule has 0 radical (unpaired) electrons. The summed E-state index contributed by atoms with van der Waals surface area (Å²) in [5.74, 6) is 4.89. The molecule has 3 heteroatoms. The Morgan fingerprint density at radius 1 is 0.938 bits per heavy atom. The largest absolute Gasteiger partial charge is 0.390 e. The van der Waals surface area contributed by atoms with Crippen LogP contribution in [0.3, 0.4) is 0 Å². The molecule has 10 atom stereocenters. The molecule has 4 aliphatic rings. The van der Waals surface area contributed by atoms with Crippen molar-refractivity contribution in [3.8, 4) is 0 Å². The van der Waals surface area contributed by atoms with Crippen molar-refractivity contribution in [1.29, 1.82) is 0 Å². The lowest BCUT2D eigenvalue weighted by atomic mass is 9.43. The number of aliphatic hydroxyl groups is 2. The number of methoxy groups -OCH3 is 1. The van der Waals surface area contributed by atoms with Crippen molar-refractivity contribution >= 4 is 0 Å². The zero-order chi connectivity index (χ0) is 23.4. The van der Waals surface area contributed by atoms with Crippen molar-refractivity contribution in [3.63, 3.8) is 0 Å². The van der Waals surface area contributed by atoms with Gasteiger partial charge in [0.05, 0.1) is 11.2 Å². The molecule has 4 aliphatic carbocycles. The maximum Gasteiger partial charge on any atom is 0.0641 e. The van der Waals surface area contributed by atoms with Crippen molar-refractivity contribution < 1.29 is 14.9 Å². The summed E-state index contributed by atoms with van der Waals surface area (Å²) in [7, 11) is 1.72. The lowest BCUT2D eigenvalue weighted by molar-refractivity contribution is -0.148. The second kappa shape index (κ2) is 8.83. The third-order valence-corrected chi connectivity index (χ3v) is 11.7. The summed E-state index contributed by atoms with van der Waals surface area (Å²) in [5, 5.41) is 21.5. The molecule has 32 heavy (non-hydrogen) atoms. The van der Waals surface area contributed by atoms with E-state index in [1.165, 1.54) is 44.9 Å². The van der Waals surface area contributed by atoms with Gasteiger partial charge in [0.1, 0.15) is 0 Å². The topological polar surface area (TPSA) is 49.7 Å². The summed E-state index contributed by atoms with van der Waals surface area (Å²) in [6, 6.07) is 0. The van der Waals surface area contributed by atoms with Gasteiger partial charge in [-0.3, -0.25) is 0 Å². The van der Waals surface area contributed by atoms with Crippen molar-refractivity contribution in [2.75, 3.05) is 13.7 Å². The molecule has 0 aliphatic heterocycles. The van der Waals surface area contributed by atoms with Crippen molar-refractivity contribution in [2.45, 2.75) is 123 Å². The van der Waals surface area contributed by atoms with E-state index in [1.807, 2.05) is 6.92 Å². The van der Waals surface area contributed by atoms with Crippen LogP contribution in [0.2, 0.25) is 0 Å². The third kappa shape index (κ3) is 4.44. The summed E-state index contributed by atoms with van der Waals surface area (Å²) >= 11 is 0. The summed E-state index contributed by atoms with van der Waals surface area (Å²) in [6.45, 7) is 12.4. The van der Waals surface area contributed by atoms with E-state index in [0.717, 1.165) is 61.7 Å². The minimum absolute atomic E-state index is 0.432. The Morgan fingerprint density at radius 2 is 1.66 bits per heavy atom. The molecule has 4 rings (SSSR count). The molecule has 0 aromatic rings. The van der Waals surface area contributed by atoms with Crippen LogP contribution >= 0.6 is 0 Å². The normalized spacial score (nSPS) is 48.9. The molecule has 1 unspecified atom stereocenters. The third-order valence-electron chi connectivity index (χ3n) is 11.7. The molecule has 0 heterocycles. The van der Waals surface area contributed by atoms with Crippen LogP contribution < -0.4 is 0 Å². The Hall–Kier alpha value is -0.120. The lowest BCUT2D eigenvalue weighted by Gasteiger charge is -2.62. The van der Waals surface area contributed by atoms with E-state index in [0.29, 0.717) is 23.4 Å². The first-order valence-corrected chi connectivity index (χ1v) is 13.9. The molecule has 0 bridgehead atoms. The van der Waals surface area contributed by atoms with Crippen LogP contribution in [0.25, 0.3) is 0 Å². The number of ether oxygens (including phenoxy) is 1. The maximum atomic E-state index is 10.8. The van der Waals surface area contributed by atoms with Crippen LogP contribution in [0.1, 0.15) is 112 Å². The SMILES string of the molecule is COCC[C@@](C)(O)CC[C@@H](C)[C@H]1CC[C@H]2C3CC[C@H]4C[C@@](C)(O)CC[C@]4(C)[C@H]3CC[C@]12C. The molecule has 0 aromatic carbocycles. The highest BCUT2D eigenvalue weighted by molar-refractivity contribution is 5.10. The van der Waals surface area contributed by atoms with Crippen molar-refractivity contribution in [2.24, 2.45) is 46.3 Å². The molecular formula is C29H52O3. The van der Waals surface area contributed by atoms with E-state index in [-0.39, 0.29) is 0 Å². The minimum Gasteiger partial charge on any atom is -0.390 e. The minimum atomic E-state index is -0.601. The van der Waals surface area contributed by atoms with Crippen molar-refractivity contribution in [1.82, 2.24) is 0 Å². The number of hydrogen-bond acceptors (Lipinski definition) is 3. The van der Waals surface area contributed by atoms with Crippen molar-refractivity contribution in [3.05, 3.63) is 0 Å². The van der Waals surface area contributed by atoms with Gasteiger partial charge in [0.25, 0.3) is 0 Å². The first-order chi connectivity index (χ1) is 14.9. The van der Waals surface area contributed by atoms with Gasteiger partial charge in [0.2, 0.25) is 0 Å². The second-order valence-electron chi connectivity index (χ2n) is 13.8. The van der Waals surface area contributed by atoms with Gasteiger partial charge in [-0.1, -0.05) is 20.8 Å². The van der Waals surface area contributed by atoms with Gasteiger partial charge in [-0.05, 0) is 137 Å². The standard InChI is InChI=1S/C29H52O3/c1-20(11-13-26(2,30)17-18-32-6)23-9-10-24-22-8-7-21-19-27(3,31)15-16-28(21,4)25(22)12-14-29(23,24)5/h20-25,30-31H,7-19H2,1-6H3/t20-,21+,22?,23-,24+,25+,26+,27+,28+,29-/m1/s1. The molecule has 0 aromatic heterocycles. The highest BCUT2D eigenvalue weighted by Gasteiger charge is 2.61. The summed E-state index contributed by atoms with van der Waals surface area (Å²) in [4.78, 5) is 0. The van der Waals surface area contributed by atoms with Gasteiger partial charge >= 0.3 is 0 Å². The Bertz CT molecular complexity index is 657. The maximum absolute atomic E-state index is 10.8. The highest BCUT2D eigenvalue weighted by Crippen LogP contribution is 2.68. The predicted octanol–water partition coefficient (Wildman–Crippen LogP) is 6.60. The number of hydrogen-bond donors (Lipinski definition) is 2. The van der Waals surface area contributed by atoms with Crippen LogP contribution in [0.15, 0.2) is 0 Å². The number of fused-ring (bicyclic) bond motifs is 5. The molecule has 0 saturated heterocycles. The molecule has 186 valence electrons. The van der Waals surface area contributed by atoms with Gasteiger partial charge in [-0.2, -0.15) is 0 Å². The fraction of sp³-hybridized carbons (Fsp3) is 1.00. The zero-order valence-electron chi connectivity index (χ0n) is 22.0. The average molecular weight is 449 g/mol. The summed E-state index contributed by atoms with van der Waals surface area (Å²) in [5.41, 5.74) is -0.0902. The summed E-state index contributed by atoms with van der Waals surface area (Å²) < 4.78 is 5.20. The Balaban J connectivity index is 1.43. The molecule has 2 N–H and O–H groups in total. The van der Waals surface area contributed by atoms with E-state index < -0.39 is 11.2 Å². The van der Waals surface area contributed by atoms with Crippen LogP contribution in [0.5, 0.6) is 0 Å². The number of rotatable bonds is 7. The molecule has 0 spiro atoms. The molecular weight excluding hydrogens is 396 g/mol. The van der Waals surface area contributed by atoms with E-state index in [2.05, 4.69) is 27.7 Å². The zero-order valence-corrected chi connectivity index (χ0v) is 22.0. The van der Waals surface area contributed by atoms with Crippen LogP contribution in [0.4, 0.5) is 0 Å². The lowest BCUT2D eigenvalue weighted by Crippen LogP contribution is -2.55. The van der Waals surface area contributed by atoms with Crippen LogP contribution in [0, 0.1) is 46.3 Å². The van der Waals surface area contributed by atoms with Gasteiger partial charge < -0.3 is 14.9 Å². The quantitative estimate of drug-likeness (QED) is 0.461. The smallest absolute Gasteiger partial charge is 0.0641 e. The highest BCUT2D eigenvalue weighted by atomic mass is 16.5. The van der Waals surface area contributed by atoms with Crippen LogP contribution in [-0.4, -0.2) is 35.1 Å². The first kappa shape index (κ1) is 25.0. The second-order valence-corrected chi connectivity index (χ2v) is 13.8. The predicted molar refractivity (Wildman–Crippen MR) is 131 cm³/mol. The van der Waals surface area contributed by atoms with E-state index in [4.69, 9.17) is 4.74 Å². The van der Waals surface area contributed by atoms with E-state index in [9.17, 15) is 10.2 Å². The van der Waals surface area contributed by atoms with E-state index in [1.54, 1.807) is 7.11 Å². The molecule has 4 fully saturated rings. The molecule has 4 saturated carbocycles. The van der Waals surface area contributed by atoms with Gasteiger partial charge in [-0.15, -0.1) is 0 Å². The van der Waals surface area contributed by atoms with Gasteiger partial charge in [-0.25, -0.2) is 0 Å². The van der Waals surface area contributed by atoms with E-state index >= 15 is 0 Å². The van der Waals surface area contributed by atoms with Gasteiger partial charge in [0, 0.05) is 13.7 Å². The monoisotopic (exact) mass is 448 g/mol. The Labute approximate surface area is 198 Å². The first-order valence-electron chi connectivity index (χ1n) is 13.9. The van der Waals surface area contributed by atoms with Crippen LogP contribution in [-0.2, 0) is 4.74 Å². The molecule has 3 nitrogen and oxygen atoms in total. The fourth-order valence-electron chi connectivity index (χ4n) is 9.59. The Morgan fingerprint density at radius 3 is 2.38 bits per heavy atom. The van der Waals surface area contributed by atoms with Gasteiger partial charge in [0.15, 0.2) is 0 Å². The molecule has 0 amide bonds. The fourth-order valence-corrected chi connectivity index (χ4v) is 9.59.